The summed E-state index contributed by atoms with van der Waals surface area (Å²) in [7, 11) is 0. The van der Waals surface area contributed by atoms with Crippen molar-refractivity contribution in [3.05, 3.63) is 41.5 Å². The number of aryl methyl sites for hydroxylation is 2. The lowest BCUT2D eigenvalue weighted by Crippen LogP contribution is -2.49. The van der Waals surface area contributed by atoms with Crippen molar-refractivity contribution >= 4 is 23.5 Å². The maximum absolute atomic E-state index is 13.5. The molecule has 0 bridgehead atoms. The predicted octanol–water partition coefficient (Wildman–Crippen LogP) is 2.45. The van der Waals surface area contributed by atoms with Gasteiger partial charge in [0.15, 0.2) is 0 Å². The second kappa shape index (κ2) is 9.22. The molecule has 0 saturated carbocycles. The number of rotatable bonds is 6. The predicted molar refractivity (Wildman–Crippen MR) is 117 cm³/mol. The van der Waals surface area contributed by atoms with E-state index in [1.54, 1.807) is 13.8 Å². The van der Waals surface area contributed by atoms with Crippen molar-refractivity contribution in [2.45, 2.75) is 46.7 Å². The number of carbonyl (C=O) groups excluding carboxylic acids is 3. The number of benzene rings is 1. The molecule has 7 heteroatoms. The number of hydrogen-bond donors (Lipinski definition) is 2. The number of likely N-dealkylation sites (tertiary alicyclic amines) is 1. The third kappa shape index (κ3) is 4.24. The number of ether oxygens (including phenoxy) is 1. The minimum atomic E-state index is -0.819. The quantitative estimate of drug-likeness (QED) is 0.536. The molecule has 1 aromatic carbocycles. The van der Waals surface area contributed by atoms with Gasteiger partial charge in [0.05, 0.1) is 31.1 Å². The van der Waals surface area contributed by atoms with E-state index in [9.17, 15) is 19.5 Å². The number of esters is 1. The van der Waals surface area contributed by atoms with Crippen LogP contribution in [0.4, 0.5) is 5.69 Å². The second-order valence-electron chi connectivity index (χ2n) is 8.65. The minimum Gasteiger partial charge on any atom is -0.466 e. The zero-order valence-electron chi connectivity index (χ0n) is 18.8. The van der Waals surface area contributed by atoms with E-state index in [1.807, 2.05) is 51.1 Å². The Bertz CT molecular complexity index is 896. The molecule has 2 amide bonds. The van der Waals surface area contributed by atoms with Gasteiger partial charge in [0.25, 0.3) is 0 Å². The first-order valence-electron chi connectivity index (χ1n) is 10.9. The molecule has 168 valence electrons. The maximum Gasteiger partial charge on any atom is 0.310 e. The lowest BCUT2D eigenvalue weighted by atomic mass is 9.70. The Balaban J connectivity index is 2.00. The monoisotopic (exact) mass is 428 g/mol. The third-order valence-electron chi connectivity index (χ3n) is 6.43. The average molecular weight is 429 g/mol. The molecule has 1 aliphatic carbocycles. The largest absolute Gasteiger partial charge is 0.466 e. The van der Waals surface area contributed by atoms with Crippen molar-refractivity contribution in [2.24, 2.45) is 23.7 Å². The highest BCUT2D eigenvalue weighted by Crippen LogP contribution is 2.45. The van der Waals surface area contributed by atoms with Crippen molar-refractivity contribution < 1.29 is 24.2 Å². The molecule has 0 unspecified atom stereocenters. The number of aliphatic hydroxyl groups excluding tert-OH is 1. The number of amides is 2. The molecule has 2 aliphatic rings. The van der Waals surface area contributed by atoms with Crippen LogP contribution in [0.25, 0.3) is 0 Å². The fourth-order valence-corrected chi connectivity index (χ4v) is 4.78. The van der Waals surface area contributed by atoms with E-state index in [2.05, 4.69) is 5.32 Å². The zero-order chi connectivity index (χ0) is 22.9. The van der Waals surface area contributed by atoms with Gasteiger partial charge in [-0.05, 0) is 50.8 Å². The Labute approximate surface area is 183 Å². The molecule has 0 radical (unpaired) electrons. The van der Waals surface area contributed by atoms with Crippen LogP contribution in [0.2, 0.25) is 0 Å². The van der Waals surface area contributed by atoms with Gasteiger partial charge in [0, 0.05) is 11.6 Å². The Morgan fingerprint density at radius 3 is 2.61 bits per heavy atom. The number of fused-ring (bicyclic) bond motifs is 1. The van der Waals surface area contributed by atoms with Crippen LogP contribution in [0.3, 0.4) is 0 Å². The van der Waals surface area contributed by atoms with Crippen LogP contribution in [-0.2, 0) is 19.1 Å². The molecule has 31 heavy (non-hydrogen) atoms. The number of carbonyl (C=O) groups is 3. The highest BCUT2D eigenvalue weighted by molar-refractivity contribution is 6.02. The van der Waals surface area contributed by atoms with Gasteiger partial charge in [0.2, 0.25) is 11.8 Å². The van der Waals surface area contributed by atoms with Crippen molar-refractivity contribution in [3.63, 3.8) is 0 Å². The van der Waals surface area contributed by atoms with Crippen LogP contribution in [0, 0.1) is 37.5 Å². The van der Waals surface area contributed by atoms with E-state index >= 15 is 0 Å². The van der Waals surface area contributed by atoms with E-state index in [0.717, 1.165) is 11.1 Å². The van der Waals surface area contributed by atoms with E-state index in [4.69, 9.17) is 4.74 Å². The van der Waals surface area contributed by atoms with E-state index < -0.39 is 35.8 Å². The van der Waals surface area contributed by atoms with E-state index in [0.29, 0.717) is 5.69 Å². The Hall–Kier alpha value is -2.67. The molecule has 2 N–H and O–H groups in total. The van der Waals surface area contributed by atoms with Crippen LogP contribution in [0.5, 0.6) is 0 Å². The van der Waals surface area contributed by atoms with Gasteiger partial charge in [-0.1, -0.05) is 31.2 Å². The number of aliphatic hydroxyl groups is 1. The molecule has 1 saturated heterocycles. The summed E-state index contributed by atoms with van der Waals surface area (Å²) in [6.07, 6.45) is 3.77. The van der Waals surface area contributed by atoms with Gasteiger partial charge in [-0.25, -0.2) is 0 Å². The fraction of sp³-hybridized carbons (Fsp3) is 0.542. The molecule has 1 heterocycles. The van der Waals surface area contributed by atoms with Crippen LogP contribution < -0.4 is 5.32 Å². The first kappa shape index (κ1) is 23.0. The van der Waals surface area contributed by atoms with Gasteiger partial charge in [-0.3, -0.25) is 14.4 Å². The number of nitrogens with zero attached hydrogens (tertiary/aromatic N) is 1. The summed E-state index contributed by atoms with van der Waals surface area (Å²) >= 11 is 0. The topological polar surface area (TPSA) is 95.9 Å². The minimum absolute atomic E-state index is 0.184. The first-order valence-corrected chi connectivity index (χ1v) is 10.9. The summed E-state index contributed by atoms with van der Waals surface area (Å²) in [6.45, 7) is 9.12. The van der Waals surface area contributed by atoms with E-state index in [1.165, 1.54) is 4.90 Å². The Kier molecular flexibility index (Phi) is 6.84. The lowest BCUT2D eigenvalue weighted by molar-refractivity contribution is -0.155. The summed E-state index contributed by atoms with van der Waals surface area (Å²) in [5, 5.41) is 12.8. The van der Waals surface area contributed by atoms with Gasteiger partial charge >= 0.3 is 5.97 Å². The van der Waals surface area contributed by atoms with Crippen LogP contribution >= 0.6 is 0 Å². The lowest BCUT2D eigenvalue weighted by Gasteiger charge is -2.32. The second-order valence-corrected chi connectivity index (χ2v) is 8.65. The molecule has 1 aliphatic heterocycles. The molecule has 6 atom stereocenters. The van der Waals surface area contributed by atoms with Gasteiger partial charge in [-0.2, -0.15) is 0 Å². The molecule has 0 aromatic heterocycles. The Morgan fingerprint density at radius 2 is 1.97 bits per heavy atom. The summed E-state index contributed by atoms with van der Waals surface area (Å²) in [5.41, 5.74) is 2.61. The maximum atomic E-state index is 13.5. The highest BCUT2D eigenvalue weighted by Gasteiger charge is 2.58. The molecule has 7 nitrogen and oxygen atoms in total. The third-order valence-corrected chi connectivity index (χ3v) is 6.43. The first-order chi connectivity index (χ1) is 14.7. The van der Waals surface area contributed by atoms with Crippen molar-refractivity contribution in [2.75, 3.05) is 18.5 Å². The average Bonchev–Trinajstić information content (AvgIpc) is 3.02. The Morgan fingerprint density at radius 1 is 1.26 bits per heavy atom. The summed E-state index contributed by atoms with van der Waals surface area (Å²) in [5.74, 6) is -3.04. The molecule has 1 fully saturated rings. The van der Waals surface area contributed by atoms with Crippen LogP contribution in [-0.4, -0.2) is 53.1 Å². The SMILES string of the molecule is CCOC(=O)[C@H]1[C@H]2C(=O)N([C@H](C)CO)[C@H](C(=O)Nc3cc(C)ccc3C)[C@H]2C=C[C@H]1C. The molecular weight excluding hydrogens is 396 g/mol. The van der Waals surface area contributed by atoms with Crippen LogP contribution in [0.15, 0.2) is 30.4 Å². The van der Waals surface area contributed by atoms with Crippen LogP contribution in [0.1, 0.15) is 31.9 Å². The summed E-state index contributed by atoms with van der Waals surface area (Å²) in [4.78, 5) is 41.1. The van der Waals surface area contributed by atoms with Crippen molar-refractivity contribution in [1.29, 1.82) is 0 Å². The fourth-order valence-electron chi connectivity index (χ4n) is 4.78. The van der Waals surface area contributed by atoms with Gasteiger partial charge in [0.1, 0.15) is 6.04 Å². The highest BCUT2D eigenvalue weighted by atomic mass is 16.5. The van der Waals surface area contributed by atoms with Crippen molar-refractivity contribution in [3.8, 4) is 0 Å². The summed E-state index contributed by atoms with van der Waals surface area (Å²) < 4.78 is 5.26. The van der Waals surface area contributed by atoms with Gasteiger partial charge < -0.3 is 20.1 Å². The van der Waals surface area contributed by atoms with E-state index in [-0.39, 0.29) is 30.9 Å². The molecular formula is C24H32N2O5. The number of hydrogen-bond acceptors (Lipinski definition) is 5. The molecule has 3 rings (SSSR count). The normalized spacial score (nSPS) is 28.3. The molecule has 0 spiro atoms. The number of allylic oxidation sites excluding steroid dienone is 1. The zero-order valence-corrected chi connectivity index (χ0v) is 18.8. The smallest absolute Gasteiger partial charge is 0.310 e. The number of nitrogens with one attached hydrogen (secondary N) is 1. The number of anilines is 1. The standard InChI is InChI=1S/C24H32N2O5/c1-6-31-24(30)19-15(4)9-10-17-20(19)23(29)26(16(5)12-27)21(17)22(28)25-18-11-13(2)7-8-14(18)3/h7-11,15-17,19-21,27H,6,12H2,1-5H3,(H,25,28)/t15-,16-,17+,19-,20+,21+/m1/s1. The van der Waals surface area contributed by atoms with Crippen molar-refractivity contribution in [1.82, 2.24) is 4.90 Å². The molecule has 1 aromatic rings. The summed E-state index contributed by atoms with van der Waals surface area (Å²) in [6, 6.07) is 4.41. The van der Waals surface area contributed by atoms with Gasteiger partial charge in [-0.15, -0.1) is 0 Å².